The van der Waals surface area contributed by atoms with Gasteiger partial charge in [-0.1, -0.05) is 54.2 Å². The second kappa shape index (κ2) is 8.38. The summed E-state index contributed by atoms with van der Waals surface area (Å²) in [5.41, 5.74) is 2.30. The average Bonchev–Trinajstić information content (AvgIpc) is 3.25. The Balaban J connectivity index is 1.79. The van der Waals surface area contributed by atoms with Crippen molar-refractivity contribution in [3.63, 3.8) is 0 Å². The fourth-order valence-corrected chi connectivity index (χ4v) is 4.82. The highest BCUT2D eigenvalue weighted by atomic mass is 32.1. The number of ether oxygens (including phenoxy) is 1. The van der Waals surface area contributed by atoms with Gasteiger partial charge in [0.2, 0.25) is 0 Å². The molecule has 3 rings (SSSR count). The van der Waals surface area contributed by atoms with Crippen LogP contribution in [0.4, 0.5) is 0 Å². The van der Waals surface area contributed by atoms with Crippen molar-refractivity contribution in [1.82, 2.24) is 14.3 Å². The molecule has 0 unspecified atom stereocenters. The lowest BCUT2D eigenvalue weighted by Crippen LogP contribution is -2.37. The minimum absolute atomic E-state index is 0.236. The molecule has 2 heterocycles. The van der Waals surface area contributed by atoms with Crippen LogP contribution in [0.5, 0.6) is 6.01 Å². The summed E-state index contributed by atoms with van der Waals surface area (Å²) >= 11 is 1.49. The predicted octanol–water partition coefficient (Wildman–Crippen LogP) is 3.13. The third-order valence-corrected chi connectivity index (χ3v) is 7.51. The molecule has 0 saturated heterocycles. The van der Waals surface area contributed by atoms with Gasteiger partial charge in [-0.2, -0.15) is 0 Å². The fraction of sp³-hybridized carbons (Fsp3) is 0.350. The molecule has 0 saturated carbocycles. The van der Waals surface area contributed by atoms with Gasteiger partial charge in [0.15, 0.2) is 6.61 Å². The molecule has 9 heteroatoms. The first kappa shape index (κ1) is 21.1. The van der Waals surface area contributed by atoms with Crippen LogP contribution in [0.15, 0.2) is 45.7 Å². The van der Waals surface area contributed by atoms with E-state index in [4.69, 9.17) is 9.57 Å². The smallest absolute Gasteiger partial charge is 0.353 e. The van der Waals surface area contributed by atoms with E-state index in [2.05, 4.69) is 48.1 Å². The van der Waals surface area contributed by atoms with Crippen LogP contribution in [0.25, 0.3) is 5.69 Å². The van der Waals surface area contributed by atoms with Crippen LogP contribution in [-0.4, -0.2) is 35.2 Å². The number of benzene rings is 1. The van der Waals surface area contributed by atoms with Crippen molar-refractivity contribution in [2.45, 2.75) is 33.2 Å². The van der Waals surface area contributed by atoms with E-state index in [0.717, 1.165) is 16.2 Å². The lowest BCUT2D eigenvalue weighted by molar-refractivity contribution is 0.132. The van der Waals surface area contributed by atoms with Gasteiger partial charge in [-0.25, -0.2) is 14.0 Å². The van der Waals surface area contributed by atoms with Crippen LogP contribution in [-0.2, 0) is 18.5 Å². The van der Waals surface area contributed by atoms with Crippen LogP contribution >= 0.6 is 11.3 Å². The molecule has 0 atom stereocenters. The van der Waals surface area contributed by atoms with E-state index in [1.54, 1.807) is 7.05 Å². The average molecular weight is 431 g/mol. The molecule has 1 aromatic carbocycles. The lowest BCUT2D eigenvalue weighted by atomic mass is 10.1. The van der Waals surface area contributed by atoms with E-state index in [1.165, 1.54) is 32.9 Å². The molecule has 0 aliphatic rings. The van der Waals surface area contributed by atoms with Gasteiger partial charge < -0.3 is 9.57 Å². The van der Waals surface area contributed by atoms with Crippen molar-refractivity contribution in [3.05, 3.63) is 56.6 Å². The van der Waals surface area contributed by atoms with Gasteiger partial charge in [-0.05, 0) is 23.9 Å². The Morgan fingerprint density at radius 3 is 2.72 bits per heavy atom. The van der Waals surface area contributed by atoms with Crippen LogP contribution < -0.4 is 15.6 Å². The molecule has 0 bridgehead atoms. The Morgan fingerprint density at radius 1 is 1.28 bits per heavy atom. The largest absolute Gasteiger partial charge is 0.467 e. The summed E-state index contributed by atoms with van der Waals surface area (Å²) in [7, 11) is 1.69. The van der Waals surface area contributed by atoms with Crippen LogP contribution in [0.1, 0.15) is 17.4 Å². The van der Waals surface area contributed by atoms with Gasteiger partial charge in [-0.15, -0.1) is 16.4 Å². The summed E-state index contributed by atoms with van der Waals surface area (Å²) in [6, 6.07) is 10.6. The minimum atomic E-state index is -1.39. The number of hydrogen-bond donors (Lipinski definition) is 0. The summed E-state index contributed by atoms with van der Waals surface area (Å²) in [5.74, 6) is 0. The predicted molar refractivity (Wildman–Crippen MR) is 120 cm³/mol. The molecule has 29 heavy (non-hydrogen) atoms. The van der Waals surface area contributed by atoms with Crippen molar-refractivity contribution in [2.24, 2.45) is 12.2 Å². The number of nitrogens with zero attached hydrogens (tertiary/aromatic N) is 4. The molecule has 0 amide bonds. The molecule has 0 N–H and O–H groups in total. The topological polar surface area (TPSA) is 70.6 Å². The van der Waals surface area contributed by atoms with Crippen LogP contribution in [0.3, 0.4) is 0 Å². The van der Waals surface area contributed by atoms with Crippen molar-refractivity contribution in [3.8, 4) is 11.7 Å². The van der Waals surface area contributed by atoms with Gasteiger partial charge in [0, 0.05) is 7.05 Å². The molecule has 7 nitrogen and oxygen atoms in total. The molecule has 0 radical (unpaired) electrons. The number of hydrogen-bond acceptors (Lipinski definition) is 6. The zero-order chi connectivity index (χ0) is 21.2. The number of aromatic nitrogens is 3. The molecule has 154 valence electrons. The number of thiophene rings is 1. The van der Waals surface area contributed by atoms with Crippen LogP contribution in [0.2, 0.25) is 19.6 Å². The van der Waals surface area contributed by atoms with Crippen molar-refractivity contribution in [1.29, 1.82) is 0 Å². The van der Waals surface area contributed by atoms with E-state index in [-0.39, 0.29) is 18.3 Å². The maximum absolute atomic E-state index is 12.4. The van der Waals surface area contributed by atoms with E-state index in [0.29, 0.717) is 5.69 Å². The second-order valence-electron chi connectivity index (χ2n) is 7.74. The van der Waals surface area contributed by atoms with Gasteiger partial charge in [0.25, 0.3) is 0 Å². The van der Waals surface area contributed by atoms with Crippen LogP contribution in [0, 0.1) is 0 Å². The Kier molecular flexibility index (Phi) is 6.09. The van der Waals surface area contributed by atoms with Crippen molar-refractivity contribution < 1.29 is 9.57 Å². The maximum atomic E-state index is 12.4. The second-order valence-corrected chi connectivity index (χ2v) is 13.8. The molecule has 3 aromatic rings. The summed E-state index contributed by atoms with van der Waals surface area (Å²) in [6.07, 6.45) is 0. The van der Waals surface area contributed by atoms with Gasteiger partial charge in [-0.3, -0.25) is 0 Å². The van der Waals surface area contributed by atoms with Gasteiger partial charge >= 0.3 is 11.7 Å². The Hall–Kier alpha value is -2.65. The molecule has 2 aromatic heterocycles. The monoisotopic (exact) mass is 430 g/mol. The molecule has 0 aliphatic heterocycles. The van der Waals surface area contributed by atoms with Gasteiger partial charge in [0.05, 0.1) is 31.5 Å². The number of rotatable bonds is 7. The minimum Gasteiger partial charge on any atom is -0.467 e. The third kappa shape index (κ3) is 4.51. The van der Waals surface area contributed by atoms with E-state index in [9.17, 15) is 4.79 Å². The molecule has 0 spiro atoms. The first-order chi connectivity index (χ1) is 13.7. The van der Waals surface area contributed by atoms with Gasteiger partial charge in [0.1, 0.15) is 0 Å². The lowest BCUT2D eigenvalue weighted by Gasteiger charge is -2.17. The molecular weight excluding hydrogens is 404 g/mol. The summed E-state index contributed by atoms with van der Waals surface area (Å²) in [5, 5.41) is 11.7. The first-order valence-corrected chi connectivity index (χ1v) is 13.6. The molecule has 0 aliphatic carbocycles. The van der Waals surface area contributed by atoms with E-state index < -0.39 is 8.07 Å². The maximum Gasteiger partial charge on any atom is 0.353 e. The summed E-state index contributed by atoms with van der Waals surface area (Å²) in [6.45, 7) is 9.15. The number of aryl methyl sites for hydroxylation is 1. The summed E-state index contributed by atoms with van der Waals surface area (Å²) < 4.78 is 7.91. The van der Waals surface area contributed by atoms with Crippen molar-refractivity contribution in [2.75, 3.05) is 7.11 Å². The number of methoxy groups -OCH3 is 1. The fourth-order valence-electron chi connectivity index (χ4n) is 2.87. The van der Waals surface area contributed by atoms with E-state index in [1.807, 2.05) is 24.4 Å². The first-order valence-electron chi connectivity index (χ1n) is 9.26. The third-order valence-electron chi connectivity index (χ3n) is 4.58. The highest BCUT2D eigenvalue weighted by Gasteiger charge is 2.18. The molecule has 0 fully saturated rings. The highest BCUT2D eigenvalue weighted by molar-refractivity contribution is 7.10. The Labute approximate surface area is 175 Å². The van der Waals surface area contributed by atoms with Crippen molar-refractivity contribution >= 4 is 30.3 Å². The SMILES string of the molecule is COc1nn(C)c(=O)n1-c1ccsc1CO/N=C(/C)c1cccc([Si](C)(C)C)c1. The zero-order valence-corrected chi connectivity index (χ0v) is 19.4. The standard InChI is InChI=1S/C20H26N4O3SSi/c1-14(15-8-7-9-16(12-15)29(4,5)6)22-27-13-18-17(10-11-28-18)24-19(26-3)21-23(2)20(24)25/h7-12H,13H2,1-6H3/b22-14-. The zero-order valence-electron chi connectivity index (χ0n) is 17.6. The highest BCUT2D eigenvalue weighted by Crippen LogP contribution is 2.24. The summed E-state index contributed by atoms with van der Waals surface area (Å²) in [4.78, 5) is 18.9. The molecular formula is C20H26N4O3SSi. The quantitative estimate of drug-likeness (QED) is 0.328. The Bertz CT molecular complexity index is 1090. The number of oxime groups is 1. The Morgan fingerprint density at radius 2 is 2.03 bits per heavy atom. The normalized spacial score (nSPS) is 12.3. The van der Waals surface area contributed by atoms with E-state index >= 15 is 0 Å².